The Balaban J connectivity index is 2.18. The van der Waals surface area contributed by atoms with Crippen molar-refractivity contribution in [3.63, 3.8) is 0 Å². The van der Waals surface area contributed by atoms with Crippen molar-refractivity contribution in [2.75, 3.05) is 0 Å². The van der Waals surface area contributed by atoms with Crippen molar-refractivity contribution in [1.29, 1.82) is 0 Å². The van der Waals surface area contributed by atoms with Crippen molar-refractivity contribution in [1.82, 2.24) is 4.57 Å². The SMILES string of the molecule is CCCCCCCC(=O)N=Nc1c(O)n(C(C)C)c2ccc(C)cc12. The van der Waals surface area contributed by atoms with Crippen LogP contribution in [0.3, 0.4) is 0 Å². The highest BCUT2D eigenvalue weighted by Crippen LogP contribution is 2.41. The molecule has 0 atom stereocenters. The molecule has 0 aliphatic rings. The first kappa shape index (κ1) is 19.2. The minimum atomic E-state index is -0.228. The van der Waals surface area contributed by atoms with E-state index in [1.165, 1.54) is 12.8 Å². The number of benzene rings is 1. The minimum Gasteiger partial charge on any atom is -0.493 e. The molecule has 1 aromatic carbocycles. The molecule has 0 spiro atoms. The number of amides is 1. The zero-order chi connectivity index (χ0) is 18.4. The highest BCUT2D eigenvalue weighted by Gasteiger charge is 2.18. The van der Waals surface area contributed by atoms with E-state index < -0.39 is 0 Å². The number of nitrogens with zero attached hydrogens (tertiary/aromatic N) is 3. The fourth-order valence-electron chi connectivity index (χ4n) is 3.06. The number of aryl methyl sites for hydroxylation is 1. The number of azo groups is 1. The topological polar surface area (TPSA) is 66.9 Å². The Kier molecular flexibility index (Phi) is 6.73. The number of carbonyl (C=O) groups excluding carboxylic acids is 1. The Morgan fingerprint density at radius 3 is 2.60 bits per heavy atom. The van der Waals surface area contributed by atoms with Gasteiger partial charge in [-0.3, -0.25) is 4.79 Å². The third kappa shape index (κ3) is 4.68. The van der Waals surface area contributed by atoms with Gasteiger partial charge in [0, 0.05) is 17.8 Å². The molecule has 2 aromatic rings. The number of aromatic hydroxyl groups is 1. The van der Waals surface area contributed by atoms with Gasteiger partial charge in [-0.1, -0.05) is 44.2 Å². The molecule has 2 rings (SSSR count). The van der Waals surface area contributed by atoms with E-state index in [0.29, 0.717) is 12.1 Å². The zero-order valence-electron chi connectivity index (χ0n) is 15.7. The van der Waals surface area contributed by atoms with E-state index in [4.69, 9.17) is 0 Å². The minimum absolute atomic E-state index is 0.0649. The van der Waals surface area contributed by atoms with Crippen molar-refractivity contribution >= 4 is 22.5 Å². The summed E-state index contributed by atoms with van der Waals surface area (Å²) in [6, 6.07) is 6.03. The van der Waals surface area contributed by atoms with Crippen LogP contribution in [0.5, 0.6) is 5.88 Å². The van der Waals surface area contributed by atoms with Gasteiger partial charge in [-0.25, -0.2) is 0 Å². The highest BCUT2D eigenvalue weighted by atomic mass is 16.3. The number of carbonyl (C=O) groups is 1. The Hall–Kier alpha value is -2.17. The Bertz CT molecular complexity index is 760. The number of aromatic nitrogens is 1. The van der Waals surface area contributed by atoms with Crippen molar-refractivity contribution in [3.05, 3.63) is 23.8 Å². The molecule has 0 fully saturated rings. The summed E-state index contributed by atoms with van der Waals surface area (Å²) in [4.78, 5) is 12.0. The van der Waals surface area contributed by atoms with Gasteiger partial charge in [0.2, 0.25) is 5.88 Å². The molecule has 1 N–H and O–H groups in total. The normalized spacial score (nSPS) is 11.9. The summed E-state index contributed by atoms with van der Waals surface area (Å²) in [6.07, 6.45) is 5.85. The molecule has 1 amide bonds. The molecule has 136 valence electrons. The van der Waals surface area contributed by atoms with E-state index >= 15 is 0 Å². The van der Waals surface area contributed by atoms with Crippen LogP contribution in [0.25, 0.3) is 10.9 Å². The lowest BCUT2D eigenvalue weighted by molar-refractivity contribution is -0.118. The third-order valence-electron chi connectivity index (χ3n) is 4.38. The lowest BCUT2D eigenvalue weighted by Crippen LogP contribution is -1.99. The summed E-state index contributed by atoms with van der Waals surface area (Å²) >= 11 is 0. The van der Waals surface area contributed by atoms with Gasteiger partial charge in [-0.05, 0) is 39.3 Å². The number of hydrogen-bond acceptors (Lipinski definition) is 3. The van der Waals surface area contributed by atoms with Gasteiger partial charge in [0.1, 0.15) is 0 Å². The molecule has 0 saturated heterocycles. The molecular formula is C20H29N3O2. The fraction of sp³-hybridized carbons (Fsp3) is 0.550. The average molecular weight is 343 g/mol. The van der Waals surface area contributed by atoms with Crippen LogP contribution in [0.1, 0.15) is 70.9 Å². The first-order valence-corrected chi connectivity index (χ1v) is 9.23. The maximum atomic E-state index is 12.0. The Morgan fingerprint density at radius 2 is 1.92 bits per heavy atom. The van der Waals surface area contributed by atoms with E-state index in [-0.39, 0.29) is 17.8 Å². The number of fused-ring (bicyclic) bond motifs is 1. The maximum Gasteiger partial charge on any atom is 0.264 e. The molecule has 1 heterocycles. The summed E-state index contributed by atoms with van der Waals surface area (Å²) in [5.41, 5.74) is 2.36. The second-order valence-corrected chi connectivity index (χ2v) is 6.91. The summed E-state index contributed by atoms with van der Waals surface area (Å²) in [5, 5.41) is 19.3. The highest BCUT2D eigenvalue weighted by molar-refractivity contribution is 5.95. The molecular weight excluding hydrogens is 314 g/mol. The van der Waals surface area contributed by atoms with Crippen LogP contribution in [-0.2, 0) is 4.79 Å². The van der Waals surface area contributed by atoms with Crippen LogP contribution in [-0.4, -0.2) is 15.6 Å². The lowest BCUT2D eigenvalue weighted by Gasteiger charge is -2.10. The number of hydrogen-bond donors (Lipinski definition) is 1. The van der Waals surface area contributed by atoms with E-state index in [0.717, 1.165) is 35.7 Å². The largest absolute Gasteiger partial charge is 0.493 e. The van der Waals surface area contributed by atoms with Crippen molar-refractivity contribution in [3.8, 4) is 5.88 Å². The van der Waals surface area contributed by atoms with Crippen molar-refractivity contribution in [2.45, 2.75) is 72.3 Å². The summed E-state index contributed by atoms with van der Waals surface area (Å²) in [7, 11) is 0. The van der Waals surface area contributed by atoms with Gasteiger partial charge < -0.3 is 9.67 Å². The molecule has 25 heavy (non-hydrogen) atoms. The predicted molar refractivity (Wildman–Crippen MR) is 102 cm³/mol. The molecule has 0 bridgehead atoms. The van der Waals surface area contributed by atoms with Gasteiger partial charge in [-0.2, -0.15) is 0 Å². The maximum absolute atomic E-state index is 12.0. The number of unbranched alkanes of at least 4 members (excludes halogenated alkanes) is 4. The van der Waals surface area contributed by atoms with Crippen LogP contribution in [0, 0.1) is 6.92 Å². The van der Waals surface area contributed by atoms with E-state index in [1.54, 1.807) is 0 Å². The van der Waals surface area contributed by atoms with Crippen LogP contribution in [0.4, 0.5) is 5.69 Å². The molecule has 0 saturated carbocycles. The summed E-state index contributed by atoms with van der Waals surface area (Å²) < 4.78 is 1.82. The Labute approximate surface area is 149 Å². The molecule has 0 unspecified atom stereocenters. The van der Waals surface area contributed by atoms with E-state index in [1.807, 2.05) is 43.5 Å². The third-order valence-corrected chi connectivity index (χ3v) is 4.38. The van der Waals surface area contributed by atoms with Crippen molar-refractivity contribution in [2.24, 2.45) is 10.2 Å². The monoisotopic (exact) mass is 343 g/mol. The van der Waals surface area contributed by atoms with Gasteiger partial charge in [0.25, 0.3) is 5.91 Å². The van der Waals surface area contributed by atoms with Gasteiger partial charge in [0.05, 0.1) is 5.52 Å². The van der Waals surface area contributed by atoms with E-state index in [9.17, 15) is 9.90 Å². The van der Waals surface area contributed by atoms with E-state index in [2.05, 4.69) is 17.2 Å². The van der Waals surface area contributed by atoms with Crippen molar-refractivity contribution < 1.29 is 9.90 Å². The smallest absolute Gasteiger partial charge is 0.264 e. The van der Waals surface area contributed by atoms with Crippen LogP contribution < -0.4 is 0 Å². The quantitative estimate of drug-likeness (QED) is 0.457. The van der Waals surface area contributed by atoms with Crippen LogP contribution in [0.2, 0.25) is 0 Å². The Morgan fingerprint density at radius 1 is 1.20 bits per heavy atom. The first-order valence-electron chi connectivity index (χ1n) is 9.23. The molecule has 1 aromatic heterocycles. The van der Waals surface area contributed by atoms with Gasteiger partial charge in [-0.15, -0.1) is 10.2 Å². The lowest BCUT2D eigenvalue weighted by atomic mass is 10.1. The molecule has 5 heteroatoms. The summed E-state index contributed by atoms with van der Waals surface area (Å²) in [6.45, 7) is 8.16. The van der Waals surface area contributed by atoms with Gasteiger partial charge in [0.15, 0.2) is 5.69 Å². The van der Waals surface area contributed by atoms with Crippen LogP contribution in [0.15, 0.2) is 28.4 Å². The molecule has 5 nitrogen and oxygen atoms in total. The first-order chi connectivity index (χ1) is 12.0. The molecule has 0 radical (unpaired) electrons. The predicted octanol–water partition coefficient (Wildman–Crippen LogP) is 6.21. The average Bonchev–Trinajstić information content (AvgIpc) is 2.83. The zero-order valence-corrected chi connectivity index (χ0v) is 15.7. The summed E-state index contributed by atoms with van der Waals surface area (Å²) in [5.74, 6) is -0.163. The fourth-order valence-corrected chi connectivity index (χ4v) is 3.06. The van der Waals surface area contributed by atoms with Crippen LogP contribution >= 0.6 is 0 Å². The second-order valence-electron chi connectivity index (χ2n) is 6.91. The standard InChI is InChI=1S/C20H29N3O2/c1-5-6-7-8-9-10-18(24)21-22-19-16-13-15(4)11-12-17(16)23(14(2)3)20(19)25/h11-14,25H,5-10H2,1-4H3. The number of rotatable bonds is 8. The molecule has 0 aliphatic carbocycles. The second kappa shape index (κ2) is 8.79. The van der Waals surface area contributed by atoms with Gasteiger partial charge >= 0.3 is 0 Å². The molecule has 0 aliphatic heterocycles.